The van der Waals surface area contributed by atoms with Gasteiger partial charge in [-0.15, -0.1) is 0 Å². The maximum absolute atomic E-state index is 12.4. The minimum Gasteiger partial charge on any atom is -0.480 e. The number of carbonyl (C=O) groups is 3. The number of carboxylic acids is 1. The first-order valence-electron chi connectivity index (χ1n) is 7.08. The number of nitrogens with zero attached hydrogens (tertiary/aromatic N) is 1. The molecule has 7 heteroatoms. The van der Waals surface area contributed by atoms with Gasteiger partial charge in [0, 0.05) is 19.0 Å². The molecule has 2 N–H and O–H groups in total. The zero-order valence-electron chi connectivity index (χ0n) is 13.6. The summed E-state index contributed by atoms with van der Waals surface area (Å²) >= 11 is 5.85. The predicted octanol–water partition coefficient (Wildman–Crippen LogP) is 2.23. The Balaban J connectivity index is 2.97. The van der Waals surface area contributed by atoms with E-state index in [1.165, 1.54) is 32.7 Å². The summed E-state index contributed by atoms with van der Waals surface area (Å²) in [7, 11) is 1.43. The number of benzene rings is 1. The Hall–Kier alpha value is -2.08. The van der Waals surface area contributed by atoms with Gasteiger partial charge in [0.2, 0.25) is 11.8 Å². The maximum Gasteiger partial charge on any atom is 0.329 e. The van der Waals surface area contributed by atoms with Crippen LogP contribution in [-0.4, -0.2) is 40.4 Å². The molecule has 1 rings (SSSR count). The second-order valence-corrected chi connectivity index (χ2v) is 6.26. The lowest BCUT2D eigenvalue weighted by atomic mass is 9.99. The molecule has 0 aromatic heterocycles. The van der Waals surface area contributed by atoms with Gasteiger partial charge in [0.05, 0.1) is 12.5 Å². The van der Waals surface area contributed by atoms with Crippen LogP contribution in [0.2, 0.25) is 5.02 Å². The minimum atomic E-state index is -1.34. The lowest BCUT2D eigenvalue weighted by Crippen LogP contribution is -2.51. The summed E-state index contributed by atoms with van der Waals surface area (Å²) in [6, 6.07) is 6.23. The standard InChI is InChI=1S/C16H21ClN2O4/c1-10(20)18-13(11-5-7-12(17)8-6-11)9-14(21)19(4)16(2,3)15(22)23/h5-8,13H,9H2,1-4H3,(H,18,20)(H,22,23). The molecule has 0 fully saturated rings. The molecule has 6 nitrogen and oxygen atoms in total. The van der Waals surface area contributed by atoms with Gasteiger partial charge >= 0.3 is 5.97 Å². The molecule has 126 valence electrons. The SMILES string of the molecule is CC(=O)NC(CC(=O)N(C)C(C)(C)C(=O)O)c1ccc(Cl)cc1. The third kappa shape index (κ3) is 4.96. The number of aliphatic carboxylic acids is 1. The van der Waals surface area contributed by atoms with Crippen LogP contribution < -0.4 is 5.32 Å². The van der Waals surface area contributed by atoms with Gasteiger partial charge in [0.1, 0.15) is 5.54 Å². The van der Waals surface area contributed by atoms with Crippen LogP contribution in [0.1, 0.15) is 38.8 Å². The van der Waals surface area contributed by atoms with Crippen molar-refractivity contribution in [2.45, 2.75) is 38.8 Å². The van der Waals surface area contributed by atoms with Gasteiger partial charge in [-0.3, -0.25) is 9.59 Å². The number of carboxylic acid groups (broad SMARTS) is 1. The van der Waals surface area contributed by atoms with Crippen LogP contribution in [-0.2, 0) is 14.4 Å². The first-order valence-corrected chi connectivity index (χ1v) is 7.46. The van der Waals surface area contributed by atoms with Crippen LogP contribution in [0.25, 0.3) is 0 Å². The number of nitrogens with one attached hydrogen (secondary N) is 1. The molecule has 0 radical (unpaired) electrons. The van der Waals surface area contributed by atoms with Gasteiger partial charge in [0.25, 0.3) is 0 Å². The van der Waals surface area contributed by atoms with Crippen LogP contribution in [0.15, 0.2) is 24.3 Å². The predicted molar refractivity (Wildman–Crippen MR) is 87.1 cm³/mol. The fourth-order valence-corrected chi connectivity index (χ4v) is 2.09. The quantitative estimate of drug-likeness (QED) is 0.831. The van der Waals surface area contributed by atoms with Gasteiger partial charge < -0.3 is 15.3 Å². The van der Waals surface area contributed by atoms with E-state index < -0.39 is 17.6 Å². The molecule has 2 amide bonds. The lowest BCUT2D eigenvalue weighted by Gasteiger charge is -2.32. The van der Waals surface area contributed by atoms with Crippen LogP contribution in [0.4, 0.5) is 0 Å². The van der Waals surface area contributed by atoms with Crippen molar-refractivity contribution in [1.29, 1.82) is 0 Å². The van der Waals surface area contributed by atoms with Gasteiger partial charge in [-0.2, -0.15) is 0 Å². The van der Waals surface area contributed by atoms with Crippen molar-refractivity contribution in [1.82, 2.24) is 10.2 Å². The third-order valence-corrected chi connectivity index (χ3v) is 4.02. The van der Waals surface area contributed by atoms with E-state index in [9.17, 15) is 19.5 Å². The molecule has 23 heavy (non-hydrogen) atoms. The zero-order chi connectivity index (χ0) is 17.8. The van der Waals surface area contributed by atoms with E-state index in [2.05, 4.69) is 5.32 Å². The number of hydrogen-bond donors (Lipinski definition) is 2. The summed E-state index contributed by atoms with van der Waals surface area (Å²) in [5.41, 5.74) is -0.614. The van der Waals surface area contributed by atoms with Crippen LogP contribution in [0, 0.1) is 0 Å². The van der Waals surface area contributed by atoms with E-state index in [1.807, 2.05) is 0 Å². The molecule has 0 bridgehead atoms. The lowest BCUT2D eigenvalue weighted by molar-refractivity contribution is -0.155. The Morgan fingerprint density at radius 1 is 1.26 bits per heavy atom. The van der Waals surface area contributed by atoms with E-state index >= 15 is 0 Å². The first kappa shape index (κ1) is 19.0. The van der Waals surface area contributed by atoms with Gasteiger partial charge in [-0.05, 0) is 31.5 Å². The Bertz CT molecular complexity index is 599. The number of halogens is 1. The number of carbonyl (C=O) groups excluding carboxylic acids is 2. The molecule has 1 aromatic carbocycles. The highest BCUT2D eigenvalue weighted by atomic mass is 35.5. The average molecular weight is 341 g/mol. The fraction of sp³-hybridized carbons (Fsp3) is 0.438. The first-order chi connectivity index (χ1) is 10.6. The highest BCUT2D eigenvalue weighted by Gasteiger charge is 2.36. The normalized spacial score (nSPS) is 12.4. The highest BCUT2D eigenvalue weighted by molar-refractivity contribution is 6.30. The molecule has 0 aliphatic carbocycles. The van der Waals surface area contributed by atoms with Crippen LogP contribution in [0.3, 0.4) is 0 Å². The summed E-state index contributed by atoms with van der Waals surface area (Å²) < 4.78 is 0. The van der Waals surface area contributed by atoms with E-state index in [-0.39, 0.29) is 18.2 Å². The summed E-state index contributed by atoms with van der Waals surface area (Å²) in [5.74, 6) is -1.76. The van der Waals surface area contributed by atoms with E-state index in [0.29, 0.717) is 5.02 Å². The van der Waals surface area contributed by atoms with Crippen LogP contribution >= 0.6 is 11.6 Å². The fourth-order valence-electron chi connectivity index (χ4n) is 1.96. The van der Waals surface area contributed by atoms with Crippen LogP contribution in [0.5, 0.6) is 0 Å². The maximum atomic E-state index is 12.4. The second kappa shape index (κ2) is 7.46. The summed E-state index contributed by atoms with van der Waals surface area (Å²) in [6.45, 7) is 4.25. The Kier molecular flexibility index (Phi) is 6.15. The topological polar surface area (TPSA) is 86.7 Å². The highest BCUT2D eigenvalue weighted by Crippen LogP contribution is 2.22. The van der Waals surface area contributed by atoms with E-state index in [4.69, 9.17) is 11.6 Å². The number of hydrogen-bond acceptors (Lipinski definition) is 3. The molecular weight excluding hydrogens is 320 g/mol. The second-order valence-electron chi connectivity index (χ2n) is 5.83. The van der Waals surface area contributed by atoms with Crippen molar-refractivity contribution in [2.75, 3.05) is 7.05 Å². The molecular formula is C16H21ClN2O4. The van der Waals surface area contributed by atoms with Crippen molar-refractivity contribution in [3.63, 3.8) is 0 Å². The Labute approximate surface area is 140 Å². The van der Waals surface area contributed by atoms with Gasteiger partial charge in [0.15, 0.2) is 0 Å². The number of amides is 2. The number of likely N-dealkylation sites (N-methyl/N-ethyl adjacent to an activating group) is 1. The molecule has 1 unspecified atom stereocenters. The van der Waals surface area contributed by atoms with Crippen molar-refractivity contribution in [3.05, 3.63) is 34.9 Å². The monoisotopic (exact) mass is 340 g/mol. The molecule has 0 aliphatic heterocycles. The van der Waals surface area contributed by atoms with E-state index in [1.54, 1.807) is 24.3 Å². The third-order valence-electron chi connectivity index (χ3n) is 3.76. The average Bonchev–Trinajstić information content (AvgIpc) is 2.45. The van der Waals surface area contributed by atoms with E-state index in [0.717, 1.165) is 5.56 Å². The molecule has 0 heterocycles. The molecule has 0 saturated carbocycles. The summed E-state index contributed by atoms with van der Waals surface area (Å²) in [4.78, 5) is 36.2. The molecule has 1 atom stereocenters. The smallest absolute Gasteiger partial charge is 0.329 e. The van der Waals surface area contributed by atoms with Gasteiger partial charge in [-0.1, -0.05) is 23.7 Å². The molecule has 0 spiro atoms. The minimum absolute atomic E-state index is 0.0472. The summed E-state index contributed by atoms with van der Waals surface area (Å²) in [5, 5.41) is 12.5. The Morgan fingerprint density at radius 2 is 1.78 bits per heavy atom. The zero-order valence-corrected chi connectivity index (χ0v) is 14.3. The van der Waals surface area contributed by atoms with Crippen molar-refractivity contribution in [2.24, 2.45) is 0 Å². The van der Waals surface area contributed by atoms with Gasteiger partial charge in [-0.25, -0.2) is 4.79 Å². The molecule has 0 saturated heterocycles. The molecule has 0 aliphatic rings. The van der Waals surface area contributed by atoms with Crippen molar-refractivity contribution >= 4 is 29.4 Å². The van der Waals surface area contributed by atoms with Crippen molar-refractivity contribution < 1.29 is 19.5 Å². The largest absolute Gasteiger partial charge is 0.480 e. The number of rotatable bonds is 6. The summed E-state index contributed by atoms with van der Waals surface area (Å²) in [6.07, 6.45) is -0.0472. The van der Waals surface area contributed by atoms with Crippen molar-refractivity contribution in [3.8, 4) is 0 Å². The molecule has 1 aromatic rings. The Morgan fingerprint density at radius 3 is 2.22 bits per heavy atom.